The fraction of sp³-hybridized carbons (Fsp3) is 0.125. The summed E-state index contributed by atoms with van der Waals surface area (Å²) in [4.78, 5) is 8.39. The first-order valence-electron chi connectivity index (χ1n) is 6.33. The Morgan fingerprint density at radius 3 is 1.48 bits per heavy atom. The summed E-state index contributed by atoms with van der Waals surface area (Å²) in [7, 11) is 0. The van der Waals surface area contributed by atoms with E-state index in [1.807, 2.05) is 12.1 Å². The molecule has 0 saturated carbocycles. The molecule has 0 aliphatic carbocycles. The molecule has 5 heteroatoms. The van der Waals surface area contributed by atoms with Gasteiger partial charge in [-0.1, -0.05) is 24.3 Å². The molecule has 0 fully saturated rings. The molecule has 0 bridgehead atoms. The van der Waals surface area contributed by atoms with Gasteiger partial charge in [-0.3, -0.25) is 9.98 Å². The second-order valence-corrected chi connectivity index (χ2v) is 4.19. The zero-order valence-corrected chi connectivity index (χ0v) is 12.7. The number of rotatable bonds is 5. The molecule has 0 atom stereocenters. The number of nitrogens with zero attached hydrogens (tertiary/aromatic N) is 2. The molecule has 0 radical (unpaired) electrons. The van der Waals surface area contributed by atoms with Crippen LogP contribution in [0.5, 0.6) is 11.5 Å². The molecule has 21 heavy (non-hydrogen) atoms. The molecule has 0 saturated heterocycles. The van der Waals surface area contributed by atoms with E-state index in [4.69, 9.17) is 0 Å². The molecule has 0 heterocycles. The maximum Gasteiger partial charge on any atom is 0.124 e. The van der Waals surface area contributed by atoms with Crippen LogP contribution in [0.4, 0.5) is 0 Å². The molecular formula is C16H16CrN2O2. The number of phenols is 2. The van der Waals surface area contributed by atoms with E-state index in [-0.39, 0.29) is 28.9 Å². The molecule has 0 aliphatic heterocycles. The third-order valence-corrected chi connectivity index (χ3v) is 2.69. The summed E-state index contributed by atoms with van der Waals surface area (Å²) in [5.74, 6) is 0.433. The second-order valence-electron chi connectivity index (χ2n) is 4.19. The number of hydrogen-bond donors (Lipinski definition) is 2. The van der Waals surface area contributed by atoms with Crippen molar-refractivity contribution in [2.75, 3.05) is 13.1 Å². The van der Waals surface area contributed by atoms with Gasteiger partial charge in [0, 0.05) is 40.9 Å². The molecule has 2 N–H and O–H groups in total. The van der Waals surface area contributed by atoms with Crippen LogP contribution in [0, 0.1) is 0 Å². The molecule has 0 spiro atoms. The van der Waals surface area contributed by atoms with Gasteiger partial charge in [0.2, 0.25) is 0 Å². The fourth-order valence-corrected chi connectivity index (χ4v) is 1.63. The summed E-state index contributed by atoms with van der Waals surface area (Å²) in [6.07, 6.45) is 3.26. The third kappa shape index (κ3) is 5.43. The van der Waals surface area contributed by atoms with Gasteiger partial charge in [-0.25, -0.2) is 0 Å². The van der Waals surface area contributed by atoms with Crippen LogP contribution in [-0.4, -0.2) is 35.7 Å². The monoisotopic (exact) mass is 320 g/mol. The van der Waals surface area contributed by atoms with Crippen LogP contribution in [-0.2, 0) is 17.4 Å². The van der Waals surface area contributed by atoms with Crippen LogP contribution in [0.15, 0.2) is 58.5 Å². The first-order chi connectivity index (χ1) is 9.77. The zero-order chi connectivity index (χ0) is 14.2. The summed E-state index contributed by atoms with van der Waals surface area (Å²) in [6.45, 7) is 1.05. The number of aliphatic imine (C=N–C) groups is 2. The van der Waals surface area contributed by atoms with Gasteiger partial charge in [0.1, 0.15) is 11.5 Å². The molecule has 4 nitrogen and oxygen atoms in total. The maximum atomic E-state index is 9.54. The standard InChI is InChI=1S/C16H16N2O2.Cr/c19-15-7-3-1-5-13(15)11-17-9-10-18-12-14-6-2-4-8-16(14)20;/h1-8,11-12,19-20H,9-10H2;/b17-11+,18-12+;. The van der Waals surface area contributed by atoms with Crippen molar-refractivity contribution >= 4 is 12.4 Å². The quantitative estimate of drug-likeness (QED) is 0.657. The van der Waals surface area contributed by atoms with Crippen LogP contribution >= 0.6 is 0 Å². The van der Waals surface area contributed by atoms with Gasteiger partial charge in [0.05, 0.1) is 13.1 Å². The molecule has 108 valence electrons. The average Bonchev–Trinajstić information content (AvgIpc) is 2.46. The van der Waals surface area contributed by atoms with E-state index in [0.29, 0.717) is 24.2 Å². The van der Waals surface area contributed by atoms with Crippen molar-refractivity contribution < 1.29 is 27.6 Å². The van der Waals surface area contributed by atoms with Crippen molar-refractivity contribution in [2.24, 2.45) is 9.98 Å². The van der Waals surface area contributed by atoms with Gasteiger partial charge in [-0.05, 0) is 24.3 Å². The second kappa shape index (κ2) is 8.96. The number of para-hydroxylation sites is 2. The van der Waals surface area contributed by atoms with E-state index in [9.17, 15) is 10.2 Å². The van der Waals surface area contributed by atoms with Gasteiger partial charge in [-0.2, -0.15) is 0 Å². The first-order valence-corrected chi connectivity index (χ1v) is 6.33. The van der Waals surface area contributed by atoms with Gasteiger partial charge in [0.15, 0.2) is 0 Å². The predicted octanol–water partition coefficient (Wildman–Crippen LogP) is 2.63. The normalized spacial score (nSPS) is 10.9. The molecule has 0 aromatic heterocycles. The SMILES string of the molecule is Oc1ccccc1/C=N/CC/N=C/c1ccccc1O.[Cr]. The third-order valence-electron chi connectivity index (χ3n) is 2.69. The minimum absolute atomic E-state index is 0. The zero-order valence-electron chi connectivity index (χ0n) is 11.4. The Kier molecular flexibility index (Phi) is 7.24. The minimum atomic E-state index is 0. The number of aromatic hydroxyl groups is 2. The van der Waals surface area contributed by atoms with Crippen molar-refractivity contribution in [1.29, 1.82) is 0 Å². The van der Waals surface area contributed by atoms with Gasteiger partial charge in [-0.15, -0.1) is 0 Å². The number of hydrogen-bond acceptors (Lipinski definition) is 4. The summed E-state index contributed by atoms with van der Waals surface area (Å²) in [6, 6.07) is 14.1. The topological polar surface area (TPSA) is 65.2 Å². The molecule has 2 aromatic carbocycles. The van der Waals surface area contributed by atoms with Crippen LogP contribution in [0.2, 0.25) is 0 Å². The van der Waals surface area contributed by atoms with Crippen molar-refractivity contribution in [2.45, 2.75) is 0 Å². The Morgan fingerprint density at radius 1 is 0.714 bits per heavy atom. The minimum Gasteiger partial charge on any atom is -0.507 e. The Labute approximate surface area is 134 Å². The molecule has 0 aliphatic rings. The molecule has 0 amide bonds. The molecular weight excluding hydrogens is 304 g/mol. The van der Waals surface area contributed by atoms with E-state index in [1.54, 1.807) is 48.8 Å². The molecule has 0 unspecified atom stereocenters. The smallest absolute Gasteiger partial charge is 0.124 e. The van der Waals surface area contributed by atoms with E-state index in [2.05, 4.69) is 9.98 Å². The summed E-state index contributed by atoms with van der Waals surface area (Å²) in [5.41, 5.74) is 1.38. The predicted molar refractivity (Wildman–Crippen MR) is 81.1 cm³/mol. The average molecular weight is 320 g/mol. The van der Waals surface area contributed by atoms with Crippen LogP contribution < -0.4 is 0 Å². The molecule has 2 aromatic rings. The first kappa shape index (κ1) is 17.0. The maximum absolute atomic E-state index is 9.54. The molecule has 2 rings (SSSR count). The Bertz CT molecular complexity index is 572. The Balaban J connectivity index is 0.00000220. The van der Waals surface area contributed by atoms with E-state index >= 15 is 0 Å². The van der Waals surface area contributed by atoms with E-state index in [0.717, 1.165) is 0 Å². The summed E-state index contributed by atoms with van der Waals surface area (Å²) >= 11 is 0. The summed E-state index contributed by atoms with van der Waals surface area (Å²) < 4.78 is 0. The van der Waals surface area contributed by atoms with Gasteiger partial charge < -0.3 is 10.2 Å². The van der Waals surface area contributed by atoms with Crippen LogP contribution in [0.1, 0.15) is 11.1 Å². The van der Waals surface area contributed by atoms with E-state index in [1.165, 1.54) is 0 Å². The van der Waals surface area contributed by atoms with Crippen LogP contribution in [0.3, 0.4) is 0 Å². The van der Waals surface area contributed by atoms with Crippen molar-refractivity contribution in [3.8, 4) is 11.5 Å². The van der Waals surface area contributed by atoms with Crippen molar-refractivity contribution in [1.82, 2.24) is 0 Å². The van der Waals surface area contributed by atoms with Gasteiger partial charge in [0.25, 0.3) is 0 Å². The van der Waals surface area contributed by atoms with Crippen LogP contribution in [0.25, 0.3) is 0 Å². The Morgan fingerprint density at radius 2 is 1.10 bits per heavy atom. The van der Waals surface area contributed by atoms with Crippen molar-refractivity contribution in [3.63, 3.8) is 0 Å². The largest absolute Gasteiger partial charge is 0.507 e. The van der Waals surface area contributed by atoms with Crippen molar-refractivity contribution in [3.05, 3.63) is 59.7 Å². The number of phenolic OH excluding ortho intramolecular Hbond substituents is 2. The fourth-order valence-electron chi connectivity index (χ4n) is 1.63. The van der Waals surface area contributed by atoms with E-state index < -0.39 is 0 Å². The summed E-state index contributed by atoms with van der Waals surface area (Å²) in [5, 5.41) is 19.1. The van der Waals surface area contributed by atoms with Gasteiger partial charge >= 0.3 is 0 Å². The Hall–Kier alpha value is -2.09. The number of benzene rings is 2.